The van der Waals surface area contributed by atoms with Gasteiger partial charge in [0.1, 0.15) is 0 Å². The zero-order valence-electron chi connectivity index (χ0n) is 9.20. The number of thiophene rings is 1. The zero-order valence-corrected chi connectivity index (χ0v) is 10.8. The Labute approximate surface area is 111 Å². The first-order valence-electron chi connectivity index (χ1n) is 5.12. The van der Waals surface area contributed by atoms with Crippen LogP contribution in [0.15, 0.2) is 44.8 Å². The van der Waals surface area contributed by atoms with Crippen molar-refractivity contribution in [2.24, 2.45) is 5.73 Å². The van der Waals surface area contributed by atoms with Crippen molar-refractivity contribution in [3.05, 3.63) is 46.8 Å². The molecule has 96 valence electrons. The molecule has 1 nitrogen and oxygen atoms in total. The number of rotatable bonds is 3. The fourth-order valence-corrected chi connectivity index (χ4v) is 3.33. The maximum Gasteiger partial charge on any atom is 0.416 e. The molecule has 2 rings (SSSR count). The van der Waals surface area contributed by atoms with Gasteiger partial charge in [0.15, 0.2) is 0 Å². The van der Waals surface area contributed by atoms with Gasteiger partial charge in [-0.05, 0) is 35.2 Å². The number of halogens is 3. The van der Waals surface area contributed by atoms with Crippen molar-refractivity contribution in [2.45, 2.75) is 21.8 Å². The molecule has 0 aliphatic carbocycles. The first kappa shape index (κ1) is 13.5. The quantitative estimate of drug-likeness (QED) is 0.907. The lowest BCUT2D eigenvalue weighted by atomic mass is 10.1. The first-order chi connectivity index (χ1) is 8.50. The highest BCUT2D eigenvalue weighted by Crippen LogP contribution is 2.36. The van der Waals surface area contributed by atoms with Gasteiger partial charge >= 0.3 is 6.18 Å². The van der Waals surface area contributed by atoms with Gasteiger partial charge in [0.05, 0.1) is 9.77 Å². The van der Waals surface area contributed by atoms with Crippen LogP contribution in [-0.2, 0) is 12.7 Å². The van der Waals surface area contributed by atoms with Gasteiger partial charge in [-0.15, -0.1) is 11.3 Å². The van der Waals surface area contributed by atoms with Crippen LogP contribution in [0.3, 0.4) is 0 Å². The first-order valence-corrected chi connectivity index (χ1v) is 6.82. The highest BCUT2D eigenvalue weighted by atomic mass is 32.2. The molecule has 0 aliphatic rings. The summed E-state index contributed by atoms with van der Waals surface area (Å²) < 4.78 is 39.1. The minimum atomic E-state index is -4.35. The van der Waals surface area contributed by atoms with E-state index in [-0.39, 0.29) is 12.1 Å². The van der Waals surface area contributed by atoms with E-state index in [1.54, 1.807) is 11.3 Å². The van der Waals surface area contributed by atoms with E-state index in [0.29, 0.717) is 0 Å². The van der Waals surface area contributed by atoms with Crippen LogP contribution in [0.4, 0.5) is 13.2 Å². The van der Waals surface area contributed by atoms with Crippen LogP contribution in [-0.4, -0.2) is 0 Å². The lowest BCUT2D eigenvalue weighted by Gasteiger charge is -2.12. The SMILES string of the molecule is NCc1cc(Sc2cccs2)ccc1C(F)(F)F. The summed E-state index contributed by atoms with van der Waals surface area (Å²) in [5, 5.41) is 1.93. The molecule has 1 aromatic heterocycles. The standard InChI is InChI=1S/C12H10F3NS2/c13-12(14,15)10-4-3-9(6-8(10)7-16)18-11-2-1-5-17-11/h1-6H,7,16H2. The maximum atomic E-state index is 12.7. The van der Waals surface area contributed by atoms with Crippen LogP contribution in [0.1, 0.15) is 11.1 Å². The Morgan fingerprint density at radius 1 is 1.22 bits per heavy atom. The molecule has 0 amide bonds. The van der Waals surface area contributed by atoms with Gasteiger partial charge in [-0.25, -0.2) is 0 Å². The summed E-state index contributed by atoms with van der Waals surface area (Å²) in [4.78, 5) is 0.769. The van der Waals surface area contributed by atoms with E-state index in [0.717, 1.165) is 15.2 Å². The second kappa shape index (κ2) is 5.34. The van der Waals surface area contributed by atoms with Crippen LogP contribution in [0.25, 0.3) is 0 Å². The third-order valence-electron chi connectivity index (χ3n) is 2.32. The Bertz CT molecular complexity index is 521. The number of benzene rings is 1. The summed E-state index contributed by atoms with van der Waals surface area (Å²) in [7, 11) is 0. The van der Waals surface area contributed by atoms with E-state index in [1.165, 1.54) is 23.9 Å². The molecule has 0 radical (unpaired) electrons. The summed E-state index contributed by atoms with van der Waals surface area (Å²) in [5.41, 5.74) is 4.86. The van der Waals surface area contributed by atoms with Crippen molar-refractivity contribution in [1.29, 1.82) is 0 Å². The van der Waals surface area contributed by atoms with Crippen molar-refractivity contribution in [3.8, 4) is 0 Å². The largest absolute Gasteiger partial charge is 0.416 e. The molecule has 0 spiro atoms. The molecule has 0 saturated carbocycles. The zero-order chi connectivity index (χ0) is 13.2. The molecule has 0 aliphatic heterocycles. The summed E-state index contributed by atoms with van der Waals surface area (Å²) in [5.74, 6) is 0. The molecule has 0 bridgehead atoms. The molecular weight excluding hydrogens is 279 g/mol. The minimum absolute atomic E-state index is 0.117. The van der Waals surface area contributed by atoms with Gasteiger partial charge in [-0.1, -0.05) is 17.8 Å². The van der Waals surface area contributed by atoms with Gasteiger partial charge < -0.3 is 5.73 Å². The highest BCUT2D eigenvalue weighted by Gasteiger charge is 2.32. The average Bonchev–Trinajstić information content (AvgIpc) is 2.80. The lowest BCUT2D eigenvalue weighted by Crippen LogP contribution is -2.11. The van der Waals surface area contributed by atoms with Crippen LogP contribution in [0.5, 0.6) is 0 Å². The molecule has 0 saturated heterocycles. The third-order valence-corrected chi connectivity index (χ3v) is 4.34. The van der Waals surface area contributed by atoms with Crippen molar-refractivity contribution in [2.75, 3.05) is 0 Å². The van der Waals surface area contributed by atoms with Crippen molar-refractivity contribution in [1.82, 2.24) is 0 Å². The second-order valence-corrected chi connectivity index (χ2v) is 5.88. The summed E-state index contributed by atoms with van der Waals surface area (Å²) in [6.45, 7) is -0.117. The summed E-state index contributed by atoms with van der Waals surface area (Å²) in [6.07, 6.45) is -4.35. The fourth-order valence-electron chi connectivity index (χ4n) is 1.52. The normalized spacial score (nSPS) is 11.8. The Hall–Kier alpha value is -0.980. The van der Waals surface area contributed by atoms with E-state index in [4.69, 9.17) is 5.73 Å². The van der Waals surface area contributed by atoms with E-state index >= 15 is 0 Å². The van der Waals surface area contributed by atoms with Gasteiger partial charge in [0, 0.05) is 11.4 Å². The predicted molar refractivity (Wildman–Crippen MR) is 67.8 cm³/mol. The Morgan fingerprint density at radius 2 is 2.00 bits per heavy atom. The summed E-state index contributed by atoms with van der Waals surface area (Å²) >= 11 is 2.99. The third kappa shape index (κ3) is 3.07. The number of hydrogen-bond acceptors (Lipinski definition) is 3. The van der Waals surface area contributed by atoms with Crippen LogP contribution in [0, 0.1) is 0 Å². The van der Waals surface area contributed by atoms with Crippen LogP contribution < -0.4 is 5.73 Å². The Balaban J connectivity index is 2.30. The fraction of sp³-hybridized carbons (Fsp3) is 0.167. The Morgan fingerprint density at radius 3 is 2.56 bits per heavy atom. The molecule has 1 aromatic carbocycles. The van der Waals surface area contributed by atoms with Crippen LogP contribution >= 0.6 is 23.1 Å². The number of hydrogen-bond donors (Lipinski definition) is 1. The van der Waals surface area contributed by atoms with Crippen LogP contribution in [0.2, 0.25) is 0 Å². The molecule has 18 heavy (non-hydrogen) atoms. The number of nitrogens with two attached hydrogens (primary N) is 1. The van der Waals surface area contributed by atoms with Crippen molar-refractivity contribution >= 4 is 23.1 Å². The topological polar surface area (TPSA) is 26.0 Å². The lowest BCUT2D eigenvalue weighted by molar-refractivity contribution is -0.138. The van der Waals surface area contributed by atoms with Crippen molar-refractivity contribution < 1.29 is 13.2 Å². The highest BCUT2D eigenvalue weighted by molar-refractivity contribution is 8.01. The molecule has 6 heteroatoms. The molecule has 1 heterocycles. The molecule has 2 N–H and O–H groups in total. The maximum absolute atomic E-state index is 12.7. The van der Waals surface area contributed by atoms with E-state index in [1.807, 2.05) is 17.5 Å². The smallest absolute Gasteiger partial charge is 0.326 e. The monoisotopic (exact) mass is 289 g/mol. The molecule has 0 fully saturated rings. The predicted octanol–water partition coefficient (Wildman–Crippen LogP) is 4.38. The van der Waals surface area contributed by atoms with E-state index in [2.05, 4.69) is 0 Å². The minimum Gasteiger partial charge on any atom is -0.326 e. The van der Waals surface area contributed by atoms with E-state index < -0.39 is 11.7 Å². The van der Waals surface area contributed by atoms with Gasteiger partial charge in [-0.3, -0.25) is 0 Å². The van der Waals surface area contributed by atoms with Gasteiger partial charge in [-0.2, -0.15) is 13.2 Å². The van der Waals surface area contributed by atoms with E-state index in [9.17, 15) is 13.2 Å². The van der Waals surface area contributed by atoms with Crippen molar-refractivity contribution in [3.63, 3.8) is 0 Å². The Kier molecular flexibility index (Phi) is 3.99. The second-order valence-electron chi connectivity index (χ2n) is 3.55. The van der Waals surface area contributed by atoms with Gasteiger partial charge in [0.2, 0.25) is 0 Å². The molecular formula is C12H10F3NS2. The molecule has 0 unspecified atom stereocenters. The molecule has 0 atom stereocenters. The number of alkyl halides is 3. The molecule has 2 aromatic rings. The average molecular weight is 289 g/mol. The summed E-state index contributed by atoms with van der Waals surface area (Å²) in [6, 6.07) is 7.91. The van der Waals surface area contributed by atoms with Gasteiger partial charge in [0.25, 0.3) is 0 Å².